The third-order valence-corrected chi connectivity index (χ3v) is 3.67. The van der Waals surface area contributed by atoms with Crippen LogP contribution in [0.15, 0.2) is 0 Å². The van der Waals surface area contributed by atoms with Crippen LogP contribution in [-0.2, 0) is 14.3 Å². The van der Waals surface area contributed by atoms with E-state index in [0.29, 0.717) is 0 Å². The minimum absolute atomic E-state index is 0.0953. The van der Waals surface area contributed by atoms with E-state index in [2.05, 4.69) is 0 Å². The molecule has 3 unspecified atom stereocenters. The molecule has 0 aromatic heterocycles. The second-order valence-corrected chi connectivity index (χ2v) is 4.99. The molecule has 4 nitrogen and oxygen atoms in total. The van der Waals surface area contributed by atoms with Crippen LogP contribution in [0.4, 0.5) is 22.0 Å². The Balaban J connectivity index is 2.20. The number of Topliss-reactive ketones (excluding diaryl/α,β-unsaturated/α-hetero) is 1. The van der Waals surface area contributed by atoms with E-state index in [4.69, 9.17) is 9.47 Å². The first-order valence-electron chi connectivity index (χ1n) is 6.03. The van der Waals surface area contributed by atoms with E-state index in [0.717, 1.165) is 0 Å². The second kappa shape index (κ2) is 4.88. The van der Waals surface area contributed by atoms with Crippen LogP contribution in [0.1, 0.15) is 19.3 Å². The van der Waals surface area contributed by atoms with Crippen LogP contribution in [0, 0.1) is 0 Å². The third-order valence-electron chi connectivity index (χ3n) is 3.67. The molecule has 2 rings (SSSR count). The average Bonchev–Trinajstić information content (AvgIpc) is 2.36. The lowest BCUT2D eigenvalue weighted by molar-refractivity contribution is -0.257. The number of fused-ring (bicyclic) bond motifs is 1. The number of rotatable bonds is 2. The molecule has 0 amide bonds. The summed E-state index contributed by atoms with van der Waals surface area (Å²) in [7, 11) is 0. The Labute approximate surface area is 110 Å². The van der Waals surface area contributed by atoms with Crippen LogP contribution >= 0.6 is 0 Å². The van der Waals surface area contributed by atoms with Gasteiger partial charge in [0.15, 0.2) is 0 Å². The molecular weight excluding hydrogens is 291 g/mol. The van der Waals surface area contributed by atoms with Crippen LogP contribution in [0.2, 0.25) is 0 Å². The molecule has 0 aromatic rings. The normalized spacial score (nSPS) is 35.5. The number of aliphatic hydroxyl groups is 1. The Hall–Kier alpha value is -0.800. The second-order valence-electron chi connectivity index (χ2n) is 4.99. The predicted octanol–water partition coefficient (Wildman–Crippen LogP) is 1.45. The van der Waals surface area contributed by atoms with Crippen molar-refractivity contribution in [2.24, 2.45) is 0 Å². The number of alkyl halides is 5. The SMILES string of the molecule is O=C(C(F)(F)F)C(F)(F)C1(O)CCC2OCCOC2C1. The average molecular weight is 304 g/mol. The lowest BCUT2D eigenvalue weighted by Crippen LogP contribution is -2.62. The largest absolute Gasteiger partial charge is 0.456 e. The maximum absolute atomic E-state index is 13.7. The number of carbonyl (C=O) groups is 1. The highest BCUT2D eigenvalue weighted by Crippen LogP contribution is 2.45. The van der Waals surface area contributed by atoms with Crippen molar-refractivity contribution < 1.29 is 41.3 Å². The van der Waals surface area contributed by atoms with E-state index < -0.39 is 48.5 Å². The van der Waals surface area contributed by atoms with Crippen molar-refractivity contribution in [2.45, 2.75) is 49.2 Å². The van der Waals surface area contributed by atoms with E-state index in [-0.39, 0.29) is 19.6 Å². The number of hydrogen-bond acceptors (Lipinski definition) is 4. The number of hydrogen-bond donors (Lipinski definition) is 1. The zero-order chi connectivity index (χ0) is 15.2. The van der Waals surface area contributed by atoms with Gasteiger partial charge in [-0.25, -0.2) is 0 Å². The molecule has 116 valence electrons. The van der Waals surface area contributed by atoms with Crippen molar-refractivity contribution in [3.8, 4) is 0 Å². The summed E-state index contributed by atoms with van der Waals surface area (Å²) in [6.07, 6.45) is -8.71. The van der Waals surface area contributed by atoms with Crippen molar-refractivity contribution in [1.82, 2.24) is 0 Å². The van der Waals surface area contributed by atoms with Gasteiger partial charge in [-0.15, -0.1) is 0 Å². The lowest BCUT2D eigenvalue weighted by atomic mass is 9.75. The lowest BCUT2D eigenvalue weighted by Gasteiger charge is -2.45. The number of halogens is 5. The van der Waals surface area contributed by atoms with Crippen LogP contribution in [-0.4, -0.2) is 54.0 Å². The standard InChI is InChI=1S/C11H13F5O4/c12-10(13,8(17)11(14,15)16)9(18)2-1-6-7(5-9)20-4-3-19-6/h6-7,18H,1-5H2. The Morgan fingerprint density at radius 3 is 2.20 bits per heavy atom. The first-order valence-corrected chi connectivity index (χ1v) is 6.03. The summed E-state index contributed by atoms with van der Waals surface area (Å²) < 4.78 is 74.4. The molecule has 0 aromatic carbocycles. The van der Waals surface area contributed by atoms with Crippen molar-refractivity contribution in [1.29, 1.82) is 0 Å². The summed E-state index contributed by atoms with van der Waals surface area (Å²) in [6.45, 7) is 0.369. The Bertz CT molecular complexity index is 397. The molecule has 9 heteroatoms. The molecule has 1 saturated heterocycles. The molecule has 3 atom stereocenters. The van der Waals surface area contributed by atoms with Gasteiger partial charge in [0.25, 0.3) is 0 Å². The van der Waals surface area contributed by atoms with Gasteiger partial charge in [-0.3, -0.25) is 4.79 Å². The van der Waals surface area contributed by atoms with Crippen LogP contribution in [0.5, 0.6) is 0 Å². The fraction of sp³-hybridized carbons (Fsp3) is 0.909. The fourth-order valence-electron chi connectivity index (χ4n) is 2.56. The van der Waals surface area contributed by atoms with Gasteiger partial charge >= 0.3 is 17.9 Å². The maximum Gasteiger partial charge on any atom is 0.456 e. The molecule has 0 radical (unpaired) electrons. The topological polar surface area (TPSA) is 55.8 Å². The molecule has 1 heterocycles. The first-order chi connectivity index (χ1) is 9.08. The Morgan fingerprint density at radius 1 is 1.10 bits per heavy atom. The van der Waals surface area contributed by atoms with Crippen LogP contribution in [0.3, 0.4) is 0 Å². The fourth-order valence-corrected chi connectivity index (χ4v) is 2.56. The molecule has 1 aliphatic heterocycles. The van der Waals surface area contributed by atoms with Crippen molar-refractivity contribution in [3.05, 3.63) is 0 Å². The molecule has 0 bridgehead atoms. The van der Waals surface area contributed by atoms with Crippen LogP contribution in [0.25, 0.3) is 0 Å². The van der Waals surface area contributed by atoms with Gasteiger partial charge in [-0.05, 0) is 12.8 Å². The van der Waals surface area contributed by atoms with Crippen molar-refractivity contribution in [3.63, 3.8) is 0 Å². The molecule has 1 aliphatic carbocycles. The third kappa shape index (κ3) is 2.53. The highest BCUT2D eigenvalue weighted by Gasteiger charge is 2.67. The quantitative estimate of drug-likeness (QED) is 0.785. The summed E-state index contributed by atoms with van der Waals surface area (Å²) in [6, 6.07) is 0. The zero-order valence-electron chi connectivity index (χ0n) is 10.3. The van der Waals surface area contributed by atoms with Gasteiger partial charge < -0.3 is 14.6 Å². The van der Waals surface area contributed by atoms with E-state index in [1.54, 1.807) is 0 Å². The summed E-state index contributed by atoms with van der Waals surface area (Å²) >= 11 is 0. The smallest absolute Gasteiger partial charge is 0.383 e. The first kappa shape index (κ1) is 15.6. The van der Waals surface area contributed by atoms with Gasteiger partial charge in [0, 0.05) is 6.42 Å². The van der Waals surface area contributed by atoms with Gasteiger partial charge in [0.05, 0.1) is 25.4 Å². The highest BCUT2D eigenvalue weighted by atomic mass is 19.4. The molecule has 20 heavy (non-hydrogen) atoms. The molecule has 2 aliphatic rings. The summed E-state index contributed by atoms with van der Waals surface area (Å²) in [5.41, 5.74) is -3.07. The molecule has 1 N–H and O–H groups in total. The maximum atomic E-state index is 13.7. The molecule has 2 fully saturated rings. The zero-order valence-corrected chi connectivity index (χ0v) is 10.3. The van der Waals surface area contributed by atoms with E-state index >= 15 is 0 Å². The summed E-state index contributed by atoms with van der Waals surface area (Å²) in [4.78, 5) is 10.8. The number of carbonyl (C=O) groups excluding carboxylic acids is 1. The van der Waals surface area contributed by atoms with E-state index in [9.17, 15) is 31.9 Å². The van der Waals surface area contributed by atoms with Gasteiger partial charge in [0.2, 0.25) is 0 Å². The molecule has 1 saturated carbocycles. The van der Waals surface area contributed by atoms with Gasteiger partial charge in [0.1, 0.15) is 5.60 Å². The van der Waals surface area contributed by atoms with E-state index in [1.165, 1.54) is 0 Å². The molecular formula is C11H13F5O4. The van der Waals surface area contributed by atoms with Crippen molar-refractivity contribution >= 4 is 5.78 Å². The minimum atomic E-state index is -5.71. The van der Waals surface area contributed by atoms with Gasteiger partial charge in [-0.2, -0.15) is 22.0 Å². The minimum Gasteiger partial charge on any atom is -0.383 e. The molecule has 0 spiro atoms. The van der Waals surface area contributed by atoms with E-state index in [1.807, 2.05) is 0 Å². The predicted molar refractivity (Wildman–Crippen MR) is 54.3 cm³/mol. The van der Waals surface area contributed by atoms with Gasteiger partial charge in [-0.1, -0.05) is 0 Å². The van der Waals surface area contributed by atoms with Crippen molar-refractivity contribution in [2.75, 3.05) is 13.2 Å². The highest BCUT2D eigenvalue weighted by molar-refractivity contribution is 5.91. The Kier molecular flexibility index (Phi) is 3.81. The number of ether oxygens (including phenoxy) is 2. The monoisotopic (exact) mass is 304 g/mol. The summed E-state index contributed by atoms with van der Waals surface area (Å²) in [5, 5.41) is 9.87. The van der Waals surface area contributed by atoms with Crippen LogP contribution < -0.4 is 0 Å². The number of ketones is 1. The Morgan fingerprint density at radius 2 is 1.65 bits per heavy atom. The summed E-state index contributed by atoms with van der Waals surface area (Å²) in [5.74, 6) is -8.14.